The maximum Gasteiger partial charge on any atom is 0.161 e. The number of halogens is 1. The van der Waals surface area contributed by atoms with E-state index in [0.29, 0.717) is 17.4 Å². The molecule has 0 aliphatic carbocycles. The lowest BCUT2D eigenvalue weighted by molar-refractivity contribution is 0.285. The molecular weight excluding hydrogens is 348 g/mol. The van der Waals surface area contributed by atoms with E-state index in [1.807, 2.05) is 43.3 Å². The van der Waals surface area contributed by atoms with Gasteiger partial charge in [-0.15, -0.1) is 0 Å². The van der Waals surface area contributed by atoms with Gasteiger partial charge >= 0.3 is 0 Å². The topological polar surface area (TPSA) is 42.8 Å². The van der Waals surface area contributed by atoms with Crippen LogP contribution in [0.5, 0.6) is 11.5 Å². The molecule has 5 heteroatoms. The minimum Gasteiger partial charge on any atom is -0.493 e. The van der Waals surface area contributed by atoms with E-state index in [4.69, 9.17) is 21.1 Å². The third-order valence-corrected chi connectivity index (χ3v) is 4.43. The van der Waals surface area contributed by atoms with Crippen LogP contribution in [-0.2, 0) is 0 Å². The summed E-state index contributed by atoms with van der Waals surface area (Å²) >= 11 is 6.11. The second-order valence-electron chi connectivity index (χ2n) is 6.15. The van der Waals surface area contributed by atoms with E-state index in [2.05, 4.69) is 17.5 Å². The SMILES string of the molecule is CCCCCCOc1ccc(/C=N/Nc2ccc(C)c(Cl)c2)cc1OC. The average Bonchev–Trinajstić information content (AvgIpc) is 2.65. The maximum atomic E-state index is 6.11. The van der Waals surface area contributed by atoms with E-state index in [0.717, 1.165) is 29.0 Å². The molecule has 0 saturated carbocycles. The molecule has 0 aliphatic rings. The zero-order valence-electron chi connectivity index (χ0n) is 15.7. The van der Waals surface area contributed by atoms with Crippen molar-refractivity contribution >= 4 is 23.5 Å². The number of anilines is 1. The highest BCUT2D eigenvalue weighted by molar-refractivity contribution is 6.31. The van der Waals surface area contributed by atoms with Gasteiger partial charge in [0.05, 0.1) is 25.6 Å². The normalized spacial score (nSPS) is 10.9. The number of rotatable bonds is 10. The Balaban J connectivity index is 1.93. The van der Waals surface area contributed by atoms with Crippen molar-refractivity contribution in [1.82, 2.24) is 0 Å². The molecule has 140 valence electrons. The van der Waals surface area contributed by atoms with E-state index in [9.17, 15) is 0 Å². The Morgan fingerprint density at radius 2 is 1.92 bits per heavy atom. The van der Waals surface area contributed by atoms with E-state index in [-0.39, 0.29) is 0 Å². The summed E-state index contributed by atoms with van der Waals surface area (Å²) in [6, 6.07) is 11.5. The Kier molecular flexibility index (Phi) is 8.29. The third-order valence-electron chi connectivity index (χ3n) is 4.02. The van der Waals surface area contributed by atoms with Crippen LogP contribution >= 0.6 is 11.6 Å². The Bertz CT molecular complexity index is 732. The standard InChI is InChI=1S/C21H27ClN2O2/c1-4-5-6-7-12-26-20-11-9-17(13-21(20)25-3)15-23-24-18-10-8-16(2)19(22)14-18/h8-11,13-15,24H,4-7,12H2,1-3H3/b23-15+. The van der Waals surface area contributed by atoms with Crippen LogP contribution in [0, 0.1) is 6.92 Å². The van der Waals surface area contributed by atoms with Gasteiger partial charge in [-0.25, -0.2) is 0 Å². The molecule has 2 aromatic rings. The van der Waals surface area contributed by atoms with Crippen molar-refractivity contribution in [2.75, 3.05) is 19.1 Å². The molecule has 0 aliphatic heterocycles. The van der Waals surface area contributed by atoms with Gasteiger partial charge < -0.3 is 9.47 Å². The molecule has 0 fully saturated rings. The van der Waals surface area contributed by atoms with Gasteiger partial charge in [-0.2, -0.15) is 5.10 Å². The number of methoxy groups -OCH3 is 1. The highest BCUT2D eigenvalue weighted by Gasteiger charge is 2.05. The lowest BCUT2D eigenvalue weighted by Gasteiger charge is -2.11. The van der Waals surface area contributed by atoms with Crippen molar-refractivity contribution in [2.24, 2.45) is 5.10 Å². The molecule has 0 spiro atoms. The number of nitrogens with one attached hydrogen (secondary N) is 1. The van der Waals surface area contributed by atoms with E-state index in [1.54, 1.807) is 13.3 Å². The second kappa shape index (κ2) is 10.7. The zero-order chi connectivity index (χ0) is 18.8. The summed E-state index contributed by atoms with van der Waals surface area (Å²) in [5.41, 5.74) is 5.78. The Morgan fingerprint density at radius 1 is 1.08 bits per heavy atom. The molecule has 0 radical (unpaired) electrons. The van der Waals surface area contributed by atoms with Crippen molar-refractivity contribution in [1.29, 1.82) is 0 Å². The molecule has 0 amide bonds. The molecule has 0 bridgehead atoms. The van der Waals surface area contributed by atoms with Crippen LogP contribution in [0.1, 0.15) is 43.7 Å². The summed E-state index contributed by atoms with van der Waals surface area (Å²) in [7, 11) is 1.65. The summed E-state index contributed by atoms with van der Waals surface area (Å²) in [6.45, 7) is 4.88. The smallest absolute Gasteiger partial charge is 0.161 e. The summed E-state index contributed by atoms with van der Waals surface area (Å²) in [5, 5.41) is 4.97. The average molecular weight is 375 g/mol. The van der Waals surface area contributed by atoms with Gasteiger partial charge in [-0.1, -0.05) is 43.9 Å². The van der Waals surface area contributed by atoms with Crippen LogP contribution in [0.4, 0.5) is 5.69 Å². The van der Waals surface area contributed by atoms with Gasteiger partial charge in [0.25, 0.3) is 0 Å². The molecule has 0 aromatic heterocycles. The summed E-state index contributed by atoms with van der Waals surface area (Å²) in [5.74, 6) is 1.47. The first kappa shape index (κ1) is 20.1. The minimum absolute atomic E-state index is 0.708. The molecule has 0 unspecified atom stereocenters. The second-order valence-corrected chi connectivity index (χ2v) is 6.56. The monoisotopic (exact) mass is 374 g/mol. The van der Waals surface area contributed by atoms with Gasteiger partial charge in [-0.3, -0.25) is 5.43 Å². The molecule has 4 nitrogen and oxygen atoms in total. The predicted octanol–water partition coefficient (Wildman–Crippen LogP) is 6.06. The largest absolute Gasteiger partial charge is 0.493 e. The van der Waals surface area contributed by atoms with Gasteiger partial charge in [-0.05, 0) is 54.8 Å². The van der Waals surface area contributed by atoms with Crippen LogP contribution in [0.25, 0.3) is 0 Å². The first-order valence-corrected chi connectivity index (χ1v) is 9.38. The van der Waals surface area contributed by atoms with Crippen molar-refractivity contribution < 1.29 is 9.47 Å². The number of nitrogens with zero attached hydrogens (tertiary/aromatic N) is 1. The van der Waals surface area contributed by atoms with Crippen LogP contribution in [0.2, 0.25) is 5.02 Å². The summed E-state index contributed by atoms with van der Waals surface area (Å²) in [6.07, 6.45) is 6.46. The maximum absolute atomic E-state index is 6.11. The molecule has 2 rings (SSSR count). The molecular formula is C21H27ClN2O2. The fourth-order valence-electron chi connectivity index (χ4n) is 2.44. The van der Waals surface area contributed by atoms with Crippen LogP contribution in [-0.4, -0.2) is 19.9 Å². The van der Waals surface area contributed by atoms with E-state index >= 15 is 0 Å². The first-order chi connectivity index (χ1) is 12.6. The Morgan fingerprint density at radius 3 is 2.65 bits per heavy atom. The van der Waals surface area contributed by atoms with Crippen LogP contribution in [0.15, 0.2) is 41.5 Å². The Labute approximate surface area is 161 Å². The molecule has 0 atom stereocenters. The first-order valence-electron chi connectivity index (χ1n) is 9.00. The Hall–Kier alpha value is -2.20. The number of hydrogen-bond donors (Lipinski definition) is 1. The van der Waals surface area contributed by atoms with Crippen LogP contribution in [0.3, 0.4) is 0 Å². The predicted molar refractivity (Wildman–Crippen MR) is 110 cm³/mol. The van der Waals surface area contributed by atoms with Gasteiger partial charge in [0.1, 0.15) is 0 Å². The lowest BCUT2D eigenvalue weighted by Crippen LogP contribution is -2.00. The molecule has 26 heavy (non-hydrogen) atoms. The van der Waals surface area contributed by atoms with Crippen molar-refractivity contribution in [3.63, 3.8) is 0 Å². The molecule has 1 N–H and O–H groups in total. The zero-order valence-corrected chi connectivity index (χ0v) is 16.5. The fourth-order valence-corrected chi connectivity index (χ4v) is 2.62. The number of hydrazone groups is 1. The summed E-state index contributed by atoms with van der Waals surface area (Å²) < 4.78 is 11.3. The quantitative estimate of drug-likeness (QED) is 0.312. The number of benzene rings is 2. The number of aryl methyl sites for hydroxylation is 1. The fraction of sp³-hybridized carbons (Fsp3) is 0.381. The van der Waals surface area contributed by atoms with Crippen molar-refractivity contribution in [2.45, 2.75) is 39.5 Å². The molecule has 2 aromatic carbocycles. The van der Waals surface area contributed by atoms with Gasteiger partial charge in [0, 0.05) is 5.02 Å². The van der Waals surface area contributed by atoms with E-state index in [1.165, 1.54) is 19.3 Å². The van der Waals surface area contributed by atoms with Gasteiger partial charge in [0.15, 0.2) is 11.5 Å². The van der Waals surface area contributed by atoms with E-state index < -0.39 is 0 Å². The number of unbranched alkanes of at least 4 members (excludes halogenated alkanes) is 3. The van der Waals surface area contributed by atoms with Crippen LogP contribution < -0.4 is 14.9 Å². The van der Waals surface area contributed by atoms with Gasteiger partial charge in [0.2, 0.25) is 0 Å². The molecule has 0 heterocycles. The summed E-state index contributed by atoms with van der Waals surface area (Å²) in [4.78, 5) is 0. The minimum atomic E-state index is 0.708. The highest BCUT2D eigenvalue weighted by atomic mass is 35.5. The highest BCUT2D eigenvalue weighted by Crippen LogP contribution is 2.28. The van der Waals surface area contributed by atoms with Crippen molar-refractivity contribution in [3.05, 3.63) is 52.5 Å². The van der Waals surface area contributed by atoms with Crippen molar-refractivity contribution in [3.8, 4) is 11.5 Å². The third kappa shape index (κ3) is 6.26. The lowest BCUT2D eigenvalue weighted by atomic mass is 10.2. The number of hydrogen-bond acceptors (Lipinski definition) is 4. The number of ether oxygens (including phenoxy) is 2. The molecule has 0 saturated heterocycles.